The molecule has 0 N–H and O–H groups in total. The normalized spacial score (nSPS) is 14.5. The lowest BCUT2D eigenvalue weighted by atomic mass is 10.0. The molecule has 0 unspecified atom stereocenters. The van der Waals surface area contributed by atoms with Crippen LogP contribution in [-0.4, -0.2) is 41.9 Å². The van der Waals surface area contributed by atoms with Crippen molar-refractivity contribution in [2.75, 3.05) is 26.2 Å². The fraction of sp³-hybridized carbons (Fsp3) is 0.286. The van der Waals surface area contributed by atoms with Crippen LogP contribution in [0.2, 0.25) is 0 Å². The van der Waals surface area contributed by atoms with Gasteiger partial charge in [0, 0.05) is 55.0 Å². The number of carbonyl (C=O) groups is 1. The van der Waals surface area contributed by atoms with Crippen molar-refractivity contribution in [1.82, 2.24) is 9.80 Å². The van der Waals surface area contributed by atoms with E-state index in [0.29, 0.717) is 42.7 Å². The minimum absolute atomic E-state index is 0.0757. The van der Waals surface area contributed by atoms with Crippen molar-refractivity contribution in [2.24, 2.45) is 0 Å². The van der Waals surface area contributed by atoms with E-state index in [9.17, 15) is 9.59 Å². The SMILES string of the molecule is Cc1coc2cc3oc(=O)c(CCC(=O)N4CCN(/C=C/c5ccccc5)CC4)c(C)c3cc12. The summed E-state index contributed by atoms with van der Waals surface area (Å²) in [4.78, 5) is 29.7. The zero-order chi connectivity index (χ0) is 23.7. The van der Waals surface area contributed by atoms with Gasteiger partial charge in [0.2, 0.25) is 5.91 Å². The fourth-order valence-corrected chi connectivity index (χ4v) is 4.59. The standard InChI is InChI=1S/C28H28N2O4/c1-19-18-33-25-17-26-24(16-23(19)25)20(2)22(28(32)34-26)8-9-27(31)30-14-12-29(13-15-30)11-10-21-6-4-3-5-7-21/h3-7,10-11,16-18H,8-9,12-15H2,1-2H3/b11-10+. The second-order valence-electron chi connectivity index (χ2n) is 8.90. The molecule has 0 spiro atoms. The van der Waals surface area contributed by atoms with E-state index in [1.165, 1.54) is 0 Å². The van der Waals surface area contributed by atoms with Crippen molar-refractivity contribution in [1.29, 1.82) is 0 Å². The Labute approximate surface area is 198 Å². The fourth-order valence-electron chi connectivity index (χ4n) is 4.59. The van der Waals surface area contributed by atoms with Gasteiger partial charge in [-0.05, 0) is 55.3 Å². The molecule has 4 aromatic rings. The van der Waals surface area contributed by atoms with E-state index in [4.69, 9.17) is 8.83 Å². The Balaban J connectivity index is 1.23. The molecule has 3 heterocycles. The number of amides is 1. The number of hydrogen-bond acceptors (Lipinski definition) is 5. The summed E-state index contributed by atoms with van der Waals surface area (Å²) in [5.74, 6) is 0.0757. The Morgan fingerprint density at radius 1 is 1.00 bits per heavy atom. The Kier molecular flexibility index (Phi) is 5.97. The number of aryl methyl sites for hydroxylation is 2. The number of fused-ring (bicyclic) bond motifs is 2. The summed E-state index contributed by atoms with van der Waals surface area (Å²) in [6, 6.07) is 14.0. The maximum atomic E-state index is 12.9. The van der Waals surface area contributed by atoms with Crippen LogP contribution in [0.4, 0.5) is 0 Å². The van der Waals surface area contributed by atoms with Crippen molar-refractivity contribution in [3.05, 3.63) is 87.6 Å². The number of furan rings is 1. The highest BCUT2D eigenvalue weighted by Crippen LogP contribution is 2.29. The van der Waals surface area contributed by atoms with Crippen molar-refractivity contribution in [2.45, 2.75) is 26.7 Å². The molecule has 0 atom stereocenters. The summed E-state index contributed by atoms with van der Waals surface area (Å²) in [5, 5.41) is 1.89. The van der Waals surface area contributed by atoms with E-state index in [0.717, 1.165) is 40.6 Å². The van der Waals surface area contributed by atoms with Crippen molar-refractivity contribution < 1.29 is 13.6 Å². The maximum Gasteiger partial charge on any atom is 0.339 e. The monoisotopic (exact) mass is 456 g/mol. The van der Waals surface area contributed by atoms with E-state index in [1.807, 2.05) is 43.0 Å². The Morgan fingerprint density at radius 2 is 1.76 bits per heavy atom. The van der Waals surface area contributed by atoms with E-state index in [-0.39, 0.29) is 11.5 Å². The molecule has 1 aliphatic heterocycles. The molecule has 6 nitrogen and oxygen atoms in total. The predicted octanol–water partition coefficient (Wildman–Crippen LogP) is 4.90. The predicted molar refractivity (Wildman–Crippen MR) is 134 cm³/mol. The summed E-state index contributed by atoms with van der Waals surface area (Å²) in [6.07, 6.45) is 6.56. The largest absolute Gasteiger partial charge is 0.464 e. The van der Waals surface area contributed by atoms with Gasteiger partial charge in [0.05, 0.1) is 6.26 Å². The molecule has 0 radical (unpaired) electrons. The first-order chi connectivity index (χ1) is 16.5. The summed E-state index contributed by atoms with van der Waals surface area (Å²) < 4.78 is 11.1. The van der Waals surface area contributed by atoms with Gasteiger partial charge in [-0.15, -0.1) is 0 Å². The zero-order valence-corrected chi connectivity index (χ0v) is 19.5. The first-order valence-electron chi connectivity index (χ1n) is 11.7. The third kappa shape index (κ3) is 4.36. The number of benzene rings is 2. The van der Waals surface area contributed by atoms with Crippen LogP contribution in [0.5, 0.6) is 0 Å². The lowest BCUT2D eigenvalue weighted by Gasteiger charge is -2.34. The van der Waals surface area contributed by atoms with Crippen LogP contribution in [0.25, 0.3) is 28.0 Å². The highest BCUT2D eigenvalue weighted by Gasteiger charge is 2.21. The number of rotatable bonds is 5. The molecule has 6 heteroatoms. The summed E-state index contributed by atoms with van der Waals surface area (Å²) in [5.41, 5.74) is 4.48. The van der Waals surface area contributed by atoms with Gasteiger partial charge in [-0.25, -0.2) is 4.79 Å². The topological polar surface area (TPSA) is 66.9 Å². The van der Waals surface area contributed by atoms with Crippen LogP contribution < -0.4 is 5.63 Å². The van der Waals surface area contributed by atoms with Crippen LogP contribution in [-0.2, 0) is 11.2 Å². The number of piperazine rings is 1. The van der Waals surface area contributed by atoms with Gasteiger partial charge in [0.15, 0.2) is 0 Å². The summed E-state index contributed by atoms with van der Waals surface area (Å²) >= 11 is 0. The third-order valence-electron chi connectivity index (χ3n) is 6.71. The molecule has 1 fully saturated rings. The third-order valence-corrected chi connectivity index (χ3v) is 6.71. The van der Waals surface area contributed by atoms with Gasteiger partial charge in [-0.1, -0.05) is 30.3 Å². The molecule has 2 aromatic heterocycles. The highest BCUT2D eigenvalue weighted by atomic mass is 16.4. The number of nitrogens with zero attached hydrogens (tertiary/aromatic N) is 2. The van der Waals surface area contributed by atoms with Gasteiger partial charge >= 0.3 is 5.63 Å². The molecule has 2 aromatic carbocycles. The minimum atomic E-state index is -0.378. The average Bonchev–Trinajstić information content (AvgIpc) is 3.22. The first-order valence-corrected chi connectivity index (χ1v) is 11.7. The van der Waals surface area contributed by atoms with Crippen molar-refractivity contribution in [3.8, 4) is 0 Å². The van der Waals surface area contributed by atoms with Gasteiger partial charge in [-0.2, -0.15) is 0 Å². The molecule has 0 saturated carbocycles. The Morgan fingerprint density at radius 3 is 2.53 bits per heavy atom. The van der Waals surface area contributed by atoms with Gasteiger partial charge in [-0.3, -0.25) is 4.79 Å². The molecule has 1 saturated heterocycles. The molecule has 174 valence electrons. The number of hydrogen-bond donors (Lipinski definition) is 0. The van der Waals surface area contributed by atoms with Crippen molar-refractivity contribution in [3.63, 3.8) is 0 Å². The molecule has 0 aliphatic carbocycles. The molecule has 0 bridgehead atoms. The molecule has 1 amide bonds. The Bertz CT molecular complexity index is 1420. The van der Waals surface area contributed by atoms with Crippen LogP contribution in [0.15, 0.2) is 68.6 Å². The molecular formula is C28H28N2O4. The second-order valence-corrected chi connectivity index (χ2v) is 8.90. The second kappa shape index (κ2) is 9.21. The smallest absolute Gasteiger partial charge is 0.339 e. The van der Waals surface area contributed by atoms with Gasteiger partial charge < -0.3 is 18.6 Å². The quantitative estimate of drug-likeness (QED) is 0.400. The Hall–Kier alpha value is -3.80. The highest BCUT2D eigenvalue weighted by molar-refractivity contribution is 5.96. The van der Waals surface area contributed by atoms with E-state index in [2.05, 4.69) is 29.3 Å². The average molecular weight is 457 g/mol. The van der Waals surface area contributed by atoms with Crippen LogP contribution >= 0.6 is 0 Å². The van der Waals surface area contributed by atoms with Gasteiger partial charge in [0.25, 0.3) is 0 Å². The molecular weight excluding hydrogens is 428 g/mol. The lowest BCUT2D eigenvalue weighted by molar-refractivity contribution is -0.132. The molecule has 34 heavy (non-hydrogen) atoms. The van der Waals surface area contributed by atoms with E-state index < -0.39 is 0 Å². The molecule has 1 aliphatic rings. The zero-order valence-electron chi connectivity index (χ0n) is 19.5. The summed E-state index contributed by atoms with van der Waals surface area (Å²) in [7, 11) is 0. The van der Waals surface area contributed by atoms with E-state index >= 15 is 0 Å². The maximum absolute atomic E-state index is 12.9. The van der Waals surface area contributed by atoms with Crippen LogP contribution in [0.1, 0.15) is 28.7 Å². The van der Waals surface area contributed by atoms with Crippen molar-refractivity contribution >= 4 is 33.9 Å². The lowest BCUT2D eigenvalue weighted by Crippen LogP contribution is -2.46. The first kappa shape index (κ1) is 22.0. The minimum Gasteiger partial charge on any atom is -0.464 e. The van der Waals surface area contributed by atoms with E-state index in [1.54, 1.807) is 12.3 Å². The van der Waals surface area contributed by atoms with Gasteiger partial charge in [0.1, 0.15) is 11.2 Å². The summed E-state index contributed by atoms with van der Waals surface area (Å²) in [6.45, 7) is 6.88. The van der Waals surface area contributed by atoms with Crippen LogP contribution in [0, 0.1) is 13.8 Å². The van der Waals surface area contributed by atoms with Crippen LogP contribution in [0.3, 0.4) is 0 Å². The molecule has 5 rings (SSSR count). The number of carbonyl (C=O) groups excluding carboxylic acids is 1.